The van der Waals surface area contributed by atoms with E-state index in [9.17, 15) is 4.79 Å². The number of nitrogens with zero attached hydrogens (tertiary/aromatic N) is 1. The van der Waals surface area contributed by atoms with Crippen molar-refractivity contribution < 1.29 is 9.90 Å². The van der Waals surface area contributed by atoms with Crippen LogP contribution < -0.4 is 11.2 Å². The summed E-state index contributed by atoms with van der Waals surface area (Å²) < 4.78 is 0. The van der Waals surface area contributed by atoms with Crippen LogP contribution in [0, 0.1) is 17.8 Å². The van der Waals surface area contributed by atoms with Crippen molar-refractivity contribution in [3.05, 3.63) is 0 Å². The maximum Gasteiger partial charge on any atom is 0.332 e. The summed E-state index contributed by atoms with van der Waals surface area (Å²) in [6, 6.07) is -0.231. The molecule has 4 N–H and O–H groups in total. The van der Waals surface area contributed by atoms with E-state index >= 15 is 0 Å². The summed E-state index contributed by atoms with van der Waals surface area (Å²) in [7, 11) is 0. The van der Waals surface area contributed by atoms with Crippen LogP contribution in [0.4, 0.5) is 4.79 Å². The molecular weight excluding hydrogens is 230 g/mol. The van der Waals surface area contributed by atoms with Gasteiger partial charge in [0, 0.05) is 5.54 Å². The number of hydrazine groups is 1. The van der Waals surface area contributed by atoms with Crippen molar-refractivity contribution in [2.24, 2.45) is 23.6 Å². The Morgan fingerprint density at radius 1 is 1.22 bits per heavy atom. The Hall–Kier alpha value is -0.810. The molecule has 18 heavy (non-hydrogen) atoms. The number of rotatable bonds is 3. The van der Waals surface area contributed by atoms with Gasteiger partial charge in [-0.2, -0.15) is 0 Å². The topological polar surface area (TPSA) is 78.6 Å². The monoisotopic (exact) mass is 253 g/mol. The molecule has 0 aromatic rings. The van der Waals surface area contributed by atoms with Crippen LogP contribution in [0.25, 0.3) is 0 Å². The summed E-state index contributed by atoms with van der Waals surface area (Å²) in [4.78, 5) is 12.0. The molecule has 2 amide bonds. The highest BCUT2D eigenvalue weighted by atomic mass is 16.3. The number of aliphatic hydroxyl groups is 1. The molecule has 4 aliphatic rings. The summed E-state index contributed by atoms with van der Waals surface area (Å²) in [6.07, 6.45) is 7.45. The molecule has 4 bridgehead atoms. The van der Waals surface area contributed by atoms with Crippen LogP contribution in [0.1, 0.15) is 38.5 Å². The van der Waals surface area contributed by atoms with Gasteiger partial charge in [-0.05, 0) is 56.3 Å². The van der Waals surface area contributed by atoms with E-state index in [0.29, 0.717) is 0 Å². The smallest absolute Gasteiger partial charge is 0.332 e. The summed E-state index contributed by atoms with van der Waals surface area (Å²) in [5, 5.41) is 13.1. The minimum Gasteiger partial charge on any atom is -0.394 e. The van der Waals surface area contributed by atoms with Crippen LogP contribution in [0.15, 0.2) is 0 Å². The maximum atomic E-state index is 12.0. The highest BCUT2D eigenvalue weighted by Crippen LogP contribution is 2.55. The van der Waals surface area contributed by atoms with E-state index in [2.05, 4.69) is 5.32 Å². The second-order valence-corrected chi connectivity index (χ2v) is 6.55. The van der Waals surface area contributed by atoms with Gasteiger partial charge in [0.05, 0.1) is 13.2 Å². The Labute approximate surface area is 108 Å². The van der Waals surface area contributed by atoms with Crippen molar-refractivity contribution in [1.82, 2.24) is 10.3 Å². The lowest BCUT2D eigenvalue weighted by Gasteiger charge is -2.57. The molecule has 0 atom stereocenters. The van der Waals surface area contributed by atoms with Gasteiger partial charge in [0.25, 0.3) is 0 Å². The highest BCUT2D eigenvalue weighted by molar-refractivity contribution is 5.74. The van der Waals surface area contributed by atoms with Crippen LogP contribution in [-0.2, 0) is 0 Å². The third kappa shape index (κ3) is 2.10. The molecule has 4 rings (SSSR count). The van der Waals surface area contributed by atoms with E-state index in [4.69, 9.17) is 10.9 Å². The van der Waals surface area contributed by atoms with Crippen LogP contribution in [0.5, 0.6) is 0 Å². The van der Waals surface area contributed by atoms with E-state index in [0.717, 1.165) is 42.0 Å². The van der Waals surface area contributed by atoms with Crippen LogP contribution in [0.3, 0.4) is 0 Å². The van der Waals surface area contributed by atoms with Gasteiger partial charge in [0.15, 0.2) is 0 Å². The summed E-state index contributed by atoms with van der Waals surface area (Å²) in [6.45, 7) is 0.100. The first-order valence-electron chi connectivity index (χ1n) is 7.05. The third-order valence-corrected chi connectivity index (χ3v) is 5.01. The molecule has 0 unspecified atom stereocenters. The maximum absolute atomic E-state index is 12.0. The van der Waals surface area contributed by atoms with E-state index in [-0.39, 0.29) is 24.7 Å². The van der Waals surface area contributed by atoms with E-state index < -0.39 is 0 Å². The predicted octanol–water partition coefficient (Wildman–Crippen LogP) is 0.833. The Bertz CT molecular complexity index is 310. The number of hydrogen-bond acceptors (Lipinski definition) is 3. The normalized spacial score (nSPS) is 40.9. The van der Waals surface area contributed by atoms with Crippen molar-refractivity contribution in [1.29, 1.82) is 0 Å². The molecule has 4 saturated carbocycles. The molecule has 0 heterocycles. The molecule has 5 heteroatoms. The van der Waals surface area contributed by atoms with Crippen molar-refractivity contribution >= 4 is 6.03 Å². The van der Waals surface area contributed by atoms with Crippen molar-refractivity contribution in [3.63, 3.8) is 0 Å². The number of aliphatic hydroxyl groups excluding tert-OH is 1. The number of carbonyl (C=O) groups excluding carboxylic acids is 1. The number of hydrogen-bond donors (Lipinski definition) is 3. The van der Waals surface area contributed by atoms with Crippen LogP contribution >= 0.6 is 0 Å². The molecule has 0 radical (unpaired) electrons. The minimum atomic E-state index is -0.231. The molecule has 102 valence electrons. The second-order valence-electron chi connectivity index (χ2n) is 6.55. The SMILES string of the molecule is NN(CCO)C(=O)NC12CC3CC(CC(C3)C1)C2. The quantitative estimate of drug-likeness (QED) is 0.396. The second kappa shape index (κ2) is 4.38. The van der Waals surface area contributed by atoms with Crippen molar-refractivity contribution in [3.8, 4) is 0 Å². The largest absolute Gasteiger partial charge is 0.394 e. The van der Waals surface area contributed by atoms with Crippen LogP contribution in [0.2, 0.25) is 0 Å². The Morgan fingerprint density at radius 3 is 2.17 bits per heavy atom. The van der Waals surface area contributed by atoms with Crippen molar-refractivity contribution in [2.45, 2.75) is 44.1 Å². The average molecular weight is 253 g/mol. The molecule has 0 saturated heterocycles. The minimum absolute atomic E-state index is 0.00108. The number of carbonyl (C=O) groups is 1. The summed E-state index contributed by atoms with van der Waals surface area (Å²) >= 11 is 0. The molecule has 0 aromatic carbocycles. The lowest BCUT2D eigenvalue weighted by Crippen LogP contribution is -2.62. The van der Waals surface area contributed by atoms with Gasteiger partial charge >= 0.3 is 6.03 Å². The molecular formula is C13H23N3O2. The first-order chi connectivity index (χ1) is 8.60. The van der Waals surface area contributed by atoms with Gasteiger partial charge in [-0.25, -0.2) is 10.6 Å². The molecule has 5 nitrogen and oxygen atoms in total. The Kier molecular flexibility index (Phi) is 2.98. The highest BCUT2D eigenvalue weighted by Gasteiger charge is 2.51. The fourth-order valence-corrected chi connectivity index (χ4v) is 4.77. The summed E-state index contributed by atoms with van der Waals surface area (Å²) in [5.74, 6) is 8.04. The molecule has 0 spiro atoms. The first kappa shape index (κ1) is 12.2. The zero-order chi connectivity index (χ0) is 12.8. The third-order valence-electron chi connectivity index (χ3n) is 5.01. The molecule has 4 fully saturated rings. The molecule has 0 aromatic heterocycles. The van der Waals surface area contributed by atoms with Crippen molar-refractivity contribution in [2.75, 3.05) is 13.2 Å². The van der Waals surface area contributed by atoms with Gasteiger partial charge in [0.1, 0.15) is 0 Å². The molecule has 0 aliphatic heterocycles. The van der Waals surface area contributed by atoms with Gasteiger partial charge in [-0.15, -0.1) is 0 Å². The first-order valence-corrected chi connectivity index (χ1v) is 7.05. The van der Waals surface area contributed by atoms with E-state index in [1.165, 1.54) is 19.3 Å². The lowest BCUT2D eigenvalue weighted by molar-refractivity contribution is -0.0159. The number of amides is 2. The predicted molar refractivity (Wildman–Crippen MR) is 67.4 cm³/mol. The number of nitrogens with one attached hydrogen (secondary N) is 1. The van der Waals surface area contributed by atoms with E-state index in [1.54, 1.807) is 0 Å². The zero-order valence-corrected chi connectivity index (χ0v) is 10.8. The van der Waals surface area contributed by atoms with Gasteiger partial charge in [0.2, 0.25) is 0 Å². The Morgan fingerprint density at radius 2 is 1.72 bits per heavy atom. The average Bonchev–Trinajstić information content (AvgIpc) is 2.26. The fraction of sp³-hybridized carbons (Fsp3) is 0.923. The number of nitrogens with two attached hydrogens (primary N) is 1. The van der Waals surface area contributed by atoms with Crippen LogP contribution in [-0.4, -0.2) is 34.8 Å². The zero-order valence-electron chi connectivity index (χ0n) is 10.8. The molecule has 4 aliphatic carbocycles. The summed E-state index contributed by atoms with van der Waals surface area (Å²) in [5.41, 5.74) is -0.00108. The lowest BCUT2D eigenvalue weighted by atomic mass is 9.53. The Balaban J connectivity index is 1.67. The fourth-order valence-electron chi connectivity index (χ4n) is 4.77. The number of urea groups is 1. The van der Waals surface area contributed by atoms with Gasteiger partial charge in [-0.1, -0.05) is 0 Å². The van der Waals surface area contributed by atoms with Gasteiger partial charge < -0.3 is 10.4 Å². The standard InChI is InChI=1S/C13H23N3O2/c14-16(1-2-17)12(18)15-13-6-9-3-10(7-13)5-11(4-9)8-13/h9-11,17H,1-8,14H2,(H,15,18). The van der Waals surface area contributed by atoms with Gasteiger partial charge in [-0.3, -0.25) is 5.01 Å². The van der Waals surface area contributed by atoms with E-state index in [1.807, 2.05) is 0 Å².